The van der Waals surface area contributed by atoms with E-state index in [1.165, 1.54) is 30.3 Å². The fourth-order valence-electron chi connectivity index (χ4n) is 4.49. The summed E-state index contributed by atoms with van der Waals surface area (Å²) in [5.74, 6) is 0. The molecule has 0 aliphatic carbocycles. The third-order valence-electron chi connectivity index (χ3n) is 6.48. The molecule has 0 spiro atoms. The molecule has 2 aromatic carbocycles. The maximum atomic E-state index is 13.1. The van der Waals surface area contributed by atoms with Gasteiger partial charge in [0.15, 0.2) is 0 Å². The Balaban J connectivity index is 1.45. The van der Waals surface area contributed by atoms with Crippen molar-refractivity contribution in [3.63, 3.8) is 0 Å². The Labute approximate surface area is 205 Å². The molecule has 0 radical (unpaired) electrons. The molecule has 0 amide bonds. The number of thioether (sulfide) groups is 1. The number of unbranched alkanes of at least 4 members (excludes halogenated alkanes) is 2. The van der Waals surface area contributed by atoms with Crippen molar-refractivity contribution in [1.29, 1.82) is 0 Å². The molecule has 0 N–H and O–H groups in total. The van der Waals surface area contributed by atoms with Crippen LogP contribution in [0.25, 0.3) is 0 Å². The molecule has 0 bridgehead atoms. The van der Waals surface area contributed by atoms with Crippen LogP contribution >= 0.6 is 11.8 Å². The first-order chi connectivity index (χ1) is 16.0. The standard InChI is InChI=1S/C26H39N3O2S2/c1-4-29(5-2)33(30,31)26-22-23(15-16-25(26)32-3)12-8-7-11-17-27-18-20-28(21-19-27)24-13-9-6-10-14-24/h6,9-10,13-16,22H,4-5,7-8,11-12,17-21H2,1-3H3. The van der Waals surface area contributed by atoms with E-state index in [9.17, 15) is 8.42 Å². The van der Waals surface area contributed by atoms with Gasteiger partial charge >= 0.3 is 0 Å². The first-order valence-electron chi connectivity index (χ1n) is 12.2. The van der Waals surface area contributed by atoms with Crippen molar-refractivity contribution in [2.75, 3.05) is 57.0 Å². The molecule has 33 heavy (non-hydrogen) atoms. The van der Waals surface area contributed by atoms with Crippen molar-refractivity contribution < 1.29 is 8.42 Å². The number of hydrogen-bond donors (Lipinski definition) is 0. The van der Waals surface area contributed by atoms with E-state index < -0.39 is 10.0 Å². The van der Waals surface area contributed by atoms with E-state index in [0.29, 0.717) is 18.0 Å². The molecule has 7 heteroatoms. The first kappa shape index (κ1) is 26.1. The summed E-state index contributed by atoms with van der Waals surface area (Å²) < 4.78 is 27.7. The van der Waals surface area contributed by atoms with Gasteiger partial charge in [-0.3, -0.25) is 4.90 Å². The quantitative estimate of drug-likeness (QED) is 0.311. The molecule has 1 fully saturated rings. The van der Waals surface area contributed by atoms with Crippen LogP contribution in [0.2, 0.25) is 0 Å². The SMILES string of the molecule is CCN(CC)S(=O)(=O)c1cc(CCCCCN2CCN(c3ccccc3)CC2)ccc1SC. The number of benzene rings is 2. The molecule has 0 unspecified atom stereocenters. The predicted octanol–water partition coefficient (Wildman–Crippen LogP) is 4.97. The van der Waals surface area contributed by atoms with Gasteiger partial charge in [-0.05, 0) is 61.9 Å². The van der Waals surface area contributed by atoms with Crippen LogP contribution in [0.5, 0.6) is 0 Å². The second-order valence-electron chi connectivity index (χ2n) is 8.55. The minimum Gasteiger partial charge on any atom is -0.369 e. The maximum Gasteiger partial charge on any atom is 0.244 e. The highest BCUT2D eigenvalue weighted by Crippen LogP contribution is 2.29. The summed E-state index contributed by atoms with van der Waals surface area (Å²) >= 11 is 1.50. The molecular weight excluding hydrogens is 450 g/mol. The smallest absolute Gasteiger partial charge is 0.244 e. The lowest BCUT2D eigenvalue weighted by Crippen LogP contribution is -2.46. The molecule has 0 aromatic heterocycles. The van der Waals surface area contributed by atoms with E-state index in [1.54, 1.807) is 4.31 Å². The van der Waals surface area contributed by atoms with Crippen molar-refractivity contribution in [2.24, 2.45) is 0 Å². The van der Waals surface area contributed by atoms with E-state index in [1.807, 2.05) is 32.2 Å². The summed E-state index contributed by atoms with van der Waals surface area (Å²) in [6.07, 6.45) is 6.32. The van der Waals surface area contributed by atoms with Crippen LogP contribution in [0.15, 0.2) is 58.3 Å². The third kappa shape index (κ3) is 6.98. The van der Waals surface area contributed by atoms with Crippen molar-refractivity contribution in [1.82, 2.24) is 9.21 Å². The second kappa shape index (κ2) is 12.8. The number of hydrogen-bond acceptors (Lipinski definition) is 5. The van der Waals surface area contributed by atoms with Crippen molar-refractivity contribution in [3.8, 4) is 0 Å². The normalized spacial score (nSPS) is 15.3. The van der Waals surface area contributed by atoms with Crippen molar-refractivity contribution >= 4 is 27.5 Å². The lowest BCUT2D eigenvalue weighted by molar-refractivity contribution is 0.252. The fraction of sp³-hybridized carbons (Fsp3) is 0.538. The molecule has 1 aliphatic rings. The van der Waals surface area contributed by atoms with Crippen LogP contribution in [0.3, 0.4) is 0 Å². The third-order valence-corrected chi connectivity index (χ3v) is 9.50. The highest BCUT2D eigenvalue weighted by Gasteiger charge is 2.25. The molecule has 182 valence electrons. The average Bonchev–Trinajstić information content (AvgIpc) is 2.85. The van der Waals surface area contributed by atoms with Gasteiger partial charge < -0.3 is 4.90 Å². The largest absolute Gasteiger partial charge is 0.369 e. The second-order valence-corrected chi connectivity index (χ2v) is 11.3. The molecular formula is C26H39N3O2S2. The molecule has 1 heterocycles. The van der Waals surface area contributed by atoms with Crippen LogP contribution in [0.4, 0.5) is 5.69 Å². The number of rotatable bonds is 12. The summed E-state index contributed by atoms with van der Waals surface area (Å²) in [6.45, 7) is 10.4. The van der Waals surface area contributed by atoms with E-state index in [4.69, 9.17) is 0 Å². The Kier molecular flexibility index (Phi) is 10.1. The lowest BCUT2D eigenvalue weighted by atomic mass is 10.1. The van der Waals surface area contributed by atoms with Gasteiger partial charge in [0.25, 0.3) is 0 Å². The van der Waals surface area contributed by atoms with Gasteiger partial charge in [-0.1, -0.05) is 44.5 Å². The van der Waals surface area contributed by atoms with Crippen LogP contribution in [-0.2, 0) is 16.4 Å². The Morgan fingerprint density at radius 1 is 0.909 bits per heavy atom. The summed E-state index contributed by atoms with van der Waals surface area (Å²) in [6, 6.07) is 16.7. The van der Waals surface area contributed by atoms with Crippen LogP contribution < -0.4 is 4.90 Å². The highest BCUT2D eigenvalue weighted by atomic mass is 32.2. The summed E-state index contributed by atoms with van der Waals surface area (Å²) in [5, 5.41) is 0. The molecule has 3 rings (SSSR count). The molecule has 0 atom stereocenters. The molecule has 2 aromatic rings. The molecule has 5 nitrogen and oxygen atoms in total. The lowest BCUT2D eigenvalue weighted by Gasteiger charge is -2.36. The zero-order valence-corrected chi connectivity index (χ0v) is 22.0. The Hall–Kier alpha value is -1.54. The van der Waals surface area contributed by atoms with E-state index in [-0.39, 0.29) is 0 Å². The first-order valence-corrected chi connectivity index (χ1v) is 14.9. The van der Waals surface area contributed by atoms with E-state index in [2.05, 4.69) is 46.2 Å². The van der Waals surface area contributed by atoms with Crippen LogP contribution in [0, 0.1) is 0 Å². The summed E-state index contributed by atoms with van der Waals surface area (Å²) in [4.78, 5) is 6.34. The number of piperazine rings is 1. The minimum atomic E-state index is -3.44. The zero-order chi connectivity index (χ0) is 23.7. The van der Waals surface area contributed by atoms with E-state index in [0.717, 1.165) is 56.0 Å². The molecule has 1 saturated heterocycles. The van der Waals surface area contributed by atoms with Gasteiger partial charge in [0, 0.05) is 49.9 Å². The Morgan fingerprint density at radius 2 is 1.61 bits per heavy atom. The minimum absolute atomic E-state index is 0.465. The van der Waals surface area contributed by atoms with Crippen LogP contribution in [0.1, 0.15) is 38.7 Å². The topological polar surface area (TPSA) is 43.9 Å². The number of sulfonamides is 1. The van der Waals surface area contributed by atoms with Crippen LogP contribution in [-0.4, -0.2) is 69.7 Å². The number of aryl methyl sites for hydroxylation is 1. The predicted molar refractivity (Wildman–Crippen MR) is 141 cm³/mol. The monoisotopic (exact) mass is 489 g/mol. The Morgan fingerprint density at radius 3 is 2.24 bits per heavy atom. The van der Waals surface area contributed by atoms with Gasteiger partial charge in [0.1, 0.15) is 0 Å². The number of anilines is 1. The highest BCUT2D eigenvalue weighted by molar-refractivity contribution is 7.99. The van der Waals surface area contributed by atoms with Gasteiger partial charge in [-0.2, -0.15) is 4.31 Å². The number of nitrogens with zero attached hydrogens (tertiary/aromatic N) is 3. The van der Waals surface area contributed by atoms with Gasteiger partial charge in [0.2, 0.25) is 10.0 Å². The van der Waals surface area contributed by atoms with Gasteiger partial charge in [0.05, 0.1) is 4.90 Å². The zero-order valence-electron chi connectivity index (χ0n) is 20.4. The summed E-state index contributed by atoms with van der Waals surface area (Å²) in [5.41, 5.74) is 2.45. The van der Waals surface area contributed by atoms with E-state index >= 15 is 0 Å². The summed E-state index contributed by atoms with van der Waals surface area (Å²) in [7, 11) is -3.44. The van der Waals surface area contributed by atoms with Crippen molar-refractivity contribution in [3.05, 3.63) is 54.1 Å². The fourth-order valence-corrected chi connectivity index (χ4v) is 7.10. The van der Waals surface area contributed by atoms with Crippen molar-refractivity contribution in [2.45, 2.75) is 49.3 Å². The maximum absolute atomic E-state index is 13.1. The molecule has 1 aliphatic heterocycles. The average molecular weight is 490 g/mol. The number of para-hydroxylation sites is 1. The Bertz CT molecular complexity index is 955. The molecule has 0 saturated carbocycles. The van der Waals surface area contributed by atoms with Gasteiger partial charge in [-0.25, -0.2) is 8.42 Å². The van der Waals surface area contributed by atoms with Gasteiger partial charge in [-0.15, -0.1) is 11.8 Å².